The zero-order chi connectivity index (χ0) is 17.0. The van der Waals surface area contributed by atoms with Crippen molar-refractivity contribution < 1.29 is 19.5 Å². The van der Waals surface area contributed by atoms with E-state index in [-0.39, 0.29) is 17.0 Å². The number of aryl methyl sites for hydroxylation is 1. The van der Waals surface area contributed by atoms with Gasteiger partial charge in [0.05, 0.1) is 24.8 Å². The topological polar surface area (TPSA) is 94.2 Å². The van der Waals surface area contributed by atoms with E-state index in [1.807, 2.05) is 6.92 Å². The molecule has 1 N–H and O–H groups in total. The van der Waals surface area contributed by atoms with Gasteiger partial charge in [-0.15, -0.1) is 0 Å². The molecule has 0 saturated heterocycles. The molecule has 0 amide bonds. The Hall–Kier alpha value is -3.09. The fourth-order valence-corrected chi connectivity index (χ4v) is 2.01. The Morgan fingerprint density at radius 2 is 1.83 bits per heavy atom. The fourth-order valence-electron chi connectivity index (χ4n) is 2.01. The average molecular weight is 316 g/mol. The number of hydrogen-bond donors (Lipinski definition) is 1. The van der Waals surface area contributed by atoms with Crippen LogP contribution in [0.25, 0.3) is 0 Å². The summed E-state index contributed by atoms with van der Waals surface area (Å²) in [6.45, 7) is 1.85. The second-order valence-electron chi connectivity index (χ2n) is 4.75. The van der Waals surface area contributed by atoms with E-state index >= 15 is 0 Å². The molecule has 0 fully saturated rings. The minimum Gasteiger partial charge on any atom is -0.507 e. The Morgan fingerprint density at radius 1 is 1.17 bits per heavy atom. The van der Waals surface area contributed by atoms with E-state index in [9.17, 15) is 15.2 Å². The van der Waals surface area contributed by atoms with E-state index in [0.717, 1.165) is 5.56 Å². The molecular formula is C16H16N2O5. The summed E-state index contributed by atoms with van der Waals surface area (Å²) in [5, 5.41) is 20.6. The summed E-state index contributed by atoms with van der Waals surface area (Å²) in [5.41, 5.74) is 1.58. The van der Waals surface area contributed by atoms with Crippen molar-refractivity contribution in [2.24, 2.45) is 4.99 Å². The van der Waals surface area contributed by atoms with E-state index in [1.165, 1.54) is 31.5 Å². The maximum Gasteiger partial charge on any atom is 0.270 e. The Morgan fingerprint density at radius 3 is 2.43 bits per heavy atom. The smallest absolute Gasteiger partial charge is 0.270 e. The number of nitrogens with zero attached hydrogens (tertiary/aromatic N) is 2. The van der Waals surface area contributed by atoms with Crippen LogP contribution in [0.4, 0.5) is 11.4 Å². The molecule has 7 heteroatoms. The maximum absolute atomic E-state index is 10.8. The van der Waals surface area contributed by atoms with Gasteiger partial charge in [0.1, 0.15) is 5.75 Å². The molecule has 120 valence electrons. The second-order valence-corrected chi connectivity index (χ2v) is 4.75. The van der Waals surface area contributed by atoms with Gasteiger partial charge < -0.3 is 14.6 Å². The van der Waals surface area contributed by atoms with Crippen LogP contribution in [0.15, 0.2) is 35.3 Å². The minimum absolute atomic E-state index is 0.0857. The normalized spacial score (nSPS) is 10.7. The van der Waals surface area contributed by atoms with Crippen LogP contribution in [-0.2, 0) is 0 Å². The number of phenols is 1. The summed E-state index contributed by atoms with van der Waals surface area (Å²) in [6, 6.07) is 7.22. The molecule has 2 aromatic rings. The van der Waals surface area contributed by atoms with Gasteiger partial charge in [-0.3, -0.25) is 15.1 Å². The van der Waals surface area contributed by atoms with Gasteiger partial charge in [-0.25, -0.2) is 0 Å². The summed E-state index contributed by atoms with van der Waals surface area (Å²) in [4.78, 5) is 14.5. The van der Waals surface area contributed by atoms with Crippen molar-refractivity contribution in [3.05, 3.63) is 51.6 Å². The molecule has 0 bridgehead atoms. The first-order chi connectivity index (χ1) is 11.0. The fraction of sp³-hybridized carbons (Fsp3) is 0.188. The van der Waals surface area contributed by atoms with Crippen LogP contribution in [-0.4, -0.2) is 30.5 Å². The molecule has 7 nitrogen and oxygen atoms in total. The first-order valence-electron chi connectivity index (χ1n) is 6.70. The summed E-state index contributed by atoms with van der Waals surface area (Å²) in [7, 11) is 3.06. The van der Waals surface area contributed by atoms with Gasteiger partial charge in [0.25, 0.3) is 5.69 Å². The number of benzene rings is 2. The number of rotatable bonds is 5. The second kappa shape index (κ2) is 6.78. The monoisotopic (exact) mass is 316 g/mol. The molecule has 0 saturated carbocycles. The number of non-ortho nitro benzene ring substituents is 1. The highest BCUT2D eigenvalue weighted by atomic mass is 16.6. The van der Waals surface area contributed by atoms with Crippen molar-refractivity contribution in [1.29, 1.82) is 0 Å². The predicted octanol–water partition coefficient (Wildman–Crippen LogP) is 3.38. The molecule has 0 radical (unpaired) electrons. The van der Waals surface area contributed by atoms with Crippen molar-refractivity contribution in [2.45, 2.75) is 6.92 Å². The van der Waals surface area contributed by atoms with Crippen molar-refractivity contribution >= 4 is 17.6 Å². The van der Waals surface area contributed by atoms with Crippen LogP contribution in [0.5, 0.6) is 17.2 Å². The van der Waals surface area contributed by atoms with Crippen LogP contribution in [0.2, 0.25) is 0 Å². The van der Waals surface area contributed by atoms with Crippen LogP contribution in [0.3, 0.4) is 0 Å². The van der Waals surface area contributed by atoms with Gasteiger partial charge >= 0.3 is 0 Å². The summed E-state index contributed by atoms with van der Waals surface area (Å²) in [5.74, 6) is 1.02. The standard InChI is InChI=1S/C16H16N2O5/c1-10-6-15(22-2)16(23-3)8-13(10)17-9-11-7-12(18(20)21)4-5-14(11)19/h4-9,19H,1-3H3. The number of aromatic hydroxyl groups is 1. The largest absolute Gasteiger partial charge is 0.507 e. The summed E-state index contributed by atoms with van der Waals surface area (Å²) >= 11 is 0. The van der Waals surface area contributed by atoms with Gasteiger partial charge in [-0.05, 0) is 24.6 Å². The van der Waals surface area contributed by atoms with Gasteiger partial charge in [0, 0.05) is 30.0 Å². The van der Waals surface area contributed by atoms with Crippen LogP contribution >= 0.6 is 0 Å². The quantitative estimate of drug-likeness (QED) is 0.518. The van der Waals surface area contributed by atoms with Crippen molar-refractivity contribution in [3.63, 3.8) is 0 Å². The molecular weight excluding hydrogens is 300 g/mol. The molecule has 0 unspecified atom stereocenters. The van der Waals surface area contributed by atoms with Crippen molar-refractivity contribution in [1.82, 2.24) is 0 Å². The Bertz CT molecular complexity index is 771. The number of ether oxygens (including phenoxy) is 2. The van der Waals surface area contributed by atoms with Gasteiger partial charge in [-0.1, -0.05) is 0 Å². The highest BCUT2D eigenvalue weighted by Gasteiger charge is 2.10. The van der Waals surface area contributed by atoms with Crippen LogP contribution in [0, 0.1) is 17.0 Å². The molecule has 0 aliphatic rings. The summed E-state index contributed by atoms with van der Waals surface area (Å²) < 4.78 is 10.4. The molecule has 0 aromatic heterocycles. The third-order valence-corrected chi connectivity index (χ3v) is 3.27. The zero-order valence-corrected chi connectivity index (χ0v) is 12.9. The number of nitro benzene ring substituents is 1. The maximum atomic E-state index is 10.8. The number of hydrogen-bond acceptors (Lipinski definition) is 6. The lowest BCUT2D eigenvalue weighted by molar-refractivity contribution is -0.384. The molecule has 0 spiro atoms. The van der Waals surface area contributed by atoms with Crippen molar-refractivity contribution in [3.8, 4) is 17.2 Å². The lowest BCUT2D eigenvalue weighted by Crippen LogP contribution is -1.92. The highest BCUT2D eigenvalue weighted by Crippen LogP contribution is 2.34. The molecule has 0 aliphatic heterocycles. The third kappa shape index (κ3) is 3.57. The zero-order valence-electron chi connectivity index (χ0n) is 12.9. The molecule has 0 heterocycles. The van der Waals surface area contributed by atoms with Gasteiger partial charge in [-0.2, -0.15) is 0 Å². The lowest BCUT2D eigenvalue weighted by Gasteiger charge is -2.10. The molecule has 2 aromatic carbocycles. The lowest BCUT2D eigenvalue weighted by atomic mass is 10.1. The van der Waals surface area contributed by atoms with Crippen LogP contribution in [0.1, 0.15) is 11.1 Å². The third-order valence-electron chi connectivity index (χ3n) is 3.27. The molecule has 0 atom stereocenters. The molecule has 0 aliphatic carbocycles. The van der Waals surface area contributed by atoms with Gasteiger partial charge in [0.2, 0.25) is 0 Å². The first-order valence-corrected chi connectivity index (χ1v) is 6.70. The predicted molar refractivity (Wildman–Crippen MR) is 86.3 cm³/mol. The molecule has 23 heavy (non-hydrogen) atoms. The van der Waals surface area contributed by atoms with E-state index in [1.54, 1.807) is 19.2 Å². The van der Waals surface area contributed by atoms with E-state index in [0.29, 0.717) is 17.2 Å². The van der Waals surface area contributed by atoms with E-state index in [2.05, 4.69) is 4.99 Å². The minimum atomic E-state index is -0.529. The average Bonchev–Trinajstić information content (AvgIpc) is 2.54. The number of phenolic OH excluding ortho intramolecular Hbond substituents is 1. The Labute approximate surface area is 133 Å². The number of methoxy groups -OCH3 is 2. The van der Waals surface area contributed by atoms with Gasteiger partial charge in [0.15, 0.2) is 11.5 Å². The molecule has 2 rings (SSSR count). The SMILES string of the molecule is COc1cc(C)c(N=Cc2cc([N+](=O)[O-])ccc2O)cc1OC. The summed E-state index contributed by atoms with van der Waals surface area (Å²) in [6.07, 6.45) is 1.37. The van der Waals surface area contributed by atoms with Crippen LogP contribution < -0.4 is 9.47 Å². The Kier molecular flexibility index (Phi) is 4.80. The Balaban J connectivity index is 2.41. The van der Waals surface area contributed by atoms with Crippen molar-refractivity contribution in [2.75, 3.05) is 14.2 Å². The number of aliphatic imine (C=N–C) groups is 1. The number of nitro groups is 1. The highest BCUT2D eigenvalue weighted by molar-refractivity contribution is 5.86. The van der Waals surface area contributed by atoms with E-state index in [4.69, 9.17) is 9.47 Å². The first kappa shape index (κ1) is 16.3. The van der Waals surface area contributed by atoms with E-state index < -0.39 is 4.92 Å².